The molecule has 3 heterocycles. The van der Waals surface area contributed by atoms with Crippen LogP contribution in [0.4, 0.5) is 5.69 Å². The molecular weight excluding hydrogens is 442 g/mol. The zero-order valence-electron chi connectivity index (χ0n) is 18.2. The first-order valence-electron chi connectivity index (χ1n) is 10.4. The summed E-state index contributed by atoms with van der Waals surface area (Å²) in [7, 11) is 0. The standard InChI is InChI=1S/C26H20ClNO5/c1-13-4-5-14(2)18(10-13)28-23(20-8-6-15(3)32-20)22(25(30)26(28)31)24(29)21-12-16-11-17(27)7-9-19(16)33-21/h4-12,23,30H,1-3H3. The second-order valence-electron chi connectivity index (χ2n) is 8.20. The van der Waals surface area contributed by atoms with Crippen LogP contribution >= 0.6 is 11.6 Å². The van der Waals surface area contributed by atoms with E-state index in [1.54, 1.807) is 43.3 Å². The molecule has 5 rings (SSSR count). The number of rotatable bonds is 4. The molecule has 0 spiro atoms. The smallest absolute Gasteiger partial charge is 0.294 e. The lowest BCUT2D eigenvalue weighted by Crippen LogP contribution is -2.31. The van der Waals surface area contributed by atoms with Crippen molar-refractivity contribution in [1.29, 1.82) is 0 Å². The summed E-state index contributed by atoms with van der Waals surface area (Å²) in [6.45, 7) is 5.55. The minimum absolute atomic E-state index is 0.00212. The third-order valence-electron chi connectivity index (χ3n) is 5.81. The number of carbonyl (C=O) groups is 2. The van der Waals surface area contributed by atoms with Gasteiger partial charge in [-0.3, -0.25) is 14.5 Å². The molecule has 166 valence electrons. The van der Waals surface area contributed by atoms with Gasteiger partial charge in [-0.25, -0.2) is 0 Å². The Kier molecular flexibility index (Phi) is 4.91. The molecule has 1 N–H and O–H groups in total. The third kappa shape index (κ3) is 3.43. The lowest BCUT2D eigenvalue weighted by atomic mass is 9.98. The molecule has 1 unspecified atom stereocenters. The van der Waals surface area contributed by atoms with E-state index in [4.69, 9.17) is 20.4 Å². The van der Waals surface area contributed by atoms with Crippen LogP contribution in [0, 0.1) is 20.8 Å². The molecule has 2 aromatic heterocycles. The molecule has 4 aromatic rings. The van der Waals surface area contributed by atoms with Crippen molar-refractivity contribution in [3.63, 3.8) is 0 Å². The van der Waals surface area contributed by atoms with Crippen LogP contribution in [0.3, 0.4) is 0 Å². The van der Waals surface area contributed by atoms with E-state index in [-0.39, 0.29) is 11.3 Å². The summed E-state index contributed by atoms with van der Waals surface area (Å²) < 4.78 is 11.6. The summed E-state index contributed by atoms with van der Waals surface area (Å²) in [5.41, 5.74) is 2.72. The van der Waals surface area contributed by atoms with Crippen LogP contribution in [-0.4, -0.2) is 16.8 Å². The van der Waals surface area contributed by atoms with E-state index < -0.39 is 23.5 Å². The van der Waals surface area contributed by atoms with E-state index in [0.29, 0.717) is 33.2 Å². The summed E-state index contributed by atoms with van der Waals surface area (Å²) in [5, 5.41) is 12.1. The van der Waals surface area contributed by atoms with Gasteiger partial charge in [-0.15, -0.1) is 0 Å². The first-order valence-corrected chi connectivity index (χ1v) is 10.8. The summed E-state index contributed by atoms with van der Waals surface area (Å²) >= 11 is 6.06. The maximum absolute atomic E-state index is 13.6. The normalized spacial score (nSPS) is 16.3. The Labute approximate surface area is 194 Å². The maximum atomic E-state index is 13.6. The number of amides is 1. The lowest BCUT2D eigenvalue weighted by Gasteiger charge is -2.26. The zero-order chi connectivity index (χ0) is 23.4. The Morgan fingerprint density at radius 1 is 1.00 bits per heavy atom. The van der Waals surface area contributed by atoms with Gasteiger partial charge in [0.05, 0.1) is 5.57 Å². The number of aliphatic hydroxyl groups excluding tert-OH is 1. The second kappa shape index (κ2) is 7.67. The number of hydrogen-bond donors (Lipinski definition) is 1. The van der Waals surface area contributed by atoms with Gasteiger partial charge in [-0.1, -0.05) is 23.7 Å². The zero-order valence-corrected chi connectivity index (χ0v) is 18.9. The van der Waals surface area contributed by atoms with Crippen LogP contribution in [0.25, 0.3) is 11.0 Å². The molecule has 1 aliphatic heterocycles. The topological polar surface area (TPSA) is 83.9 Å². The number of benzene rings is 2. The van der Waals surface area contributed by atoms with E-state index in [1.807, 2.05) is 32.0 Å². The molecule has 0 bridgehead atoms. The SMILES string of the molecule is Cc1ccc(C)c(N2C(=O)C(O)=C(C(=O)c3cc4cc(Cl)ccc4o3)C2c2ccc(C)o2)c1. The Hall–Kier alpha value is -3.77. The van der Waals surface area contributed by atoms with Crippen molar-refractivity contribution in [2.45, 2.75) is 26.8 Å². The number of anilines is 1. The molecule has 0 radical (unpaired) electrons. The number of aliphatic hydroxyl groups is 1. The second-order valence-corrected chi connectivity index (χ2v) is 8.64. The molecule has 33 heavy (non-hydrogen) atoms. The van der Waals surface area contributed by atoms with Gasteiger partial charge in [0, 0.05) is 16.1 Å². The monoisotopic (exact) mass is 461 g/mol. The number of aryl methyl sites for hydroxylation is 3. The predicted octanol–water partition coefficient (Wildman–Crippen LogP) is 6.39. The Bertz CT molecular complexity index is 1480. The fourth-order valence-electron chi connectivity index (χ4n) is 4.19. The van der Waals surface area contributed by atoms with Crippen LogP contribution in [0.5, 0.6) is 0 Å². The fourth-order valence-corrected chi connectivity index (χ4v) is 4.37. The summed E-state index contributed by atoms with van der Waals surface area (Å²) in [6, 6.07) is 14.7. The van der Waals surface area contributed by atoms with E-state index >= 15 is 0 Å². The van der Waals surface area contributed by atoms with Gasteiger partial charge in [0.1, 0.15) is 23.1 Å². The number of nitrogens with zero attached hydrogens (tertiary/aromatic N) is 1. The minimum Gasteiger partial charge on any atom is -0.503 e. The Balaban J connectivity index is 1.68. The van der Waals surface area contributed by atoms with E-state index in [1.165, 1.54) is 4.90 Å². The molecule has 7 heteroatoms. The molecule has 6 nitrogen and oxygen atoms in total. The number of carbonyl (C=O) groups excluding carboxylic acids is 2. The van der Waals surface area contributed by atoms with Gasteiger partial charge in [-0.05, 0) is 74.4 Å². The highest BCUT2D eigenvalue weighted by Crippen LogP contribution is 2.44. The summed E-state index contributed by atoms with van der Waals surface area (Å²) in [6.07, 6.45) is 0. The molecule has 1 atom stereocenters. The highest BCUT2D eigenvalue weighted by atomic mass is 35.5. The van der Waals surface area contributed by atoms with Crippen molar-refractivity contribution in [1.82, 2.24) is 0 Å². The number of halogens is 1. The molecule has 1 amide bonds. The van der Waals surface area contributed by atoms with Gasteiger partial charge < -0.3 is 13.9 Å². The first kappa shape index (κ1) is 21.1. The van der Waals surface area contributed by atoms with Crippen LogP contribution in [0.15, 0.2) is 74.8 Å². The molecule has 0 fully saturated rings. The Morgan fingerprint density at radius 2 is 1.79 bits per heavy atom. The number of fused-ring (bicyclic) bond motifs is 1. The van der Waals surface area contributed by atoms with Gasteiger partial charge >= 0.3 is 0 Å². The number of hydrogen-bond acceptors (Lipinski definition) is 5. The first-order chi connectivity index (χ1) is 15.7. The van der Waals surface area contributed by atoms with Crippen molar-refractivity contribution in [2.24, 2.45) is 0 Å². The van der Waals surface area contributed by atoms with Crippen molar-refractivity contribution in [2.75, 3.05) is 4.90 Å². The average molecular weight is 462 g/mol. The van der Waals surface area contributed by atoms with Gasteiger partial charge in [-0.2, -0.15) is 0 Å². The largest absolute Gasteiger partial charge is 0.503 e. The van der Waals surface area contributed by atoms with Crippen LogP contribution < -0.4 is 4.90 Å². The highest BCUT2D eigenvalue weighted by Gasteiger charge is 2.47. The van der Waals surface area contributed by atoms with Crippen molar-refractivity contribution >= 4 is 39.9 Å². The van der Waals surface area contributed by atoms with Gasteiger partial charge in [0.25, 0.3) is 5.91 Å². The number of Topliss-reactive ketones (excluding diaryl/α,β-unsaturated/α-hetero) is 1. The minimum atomic E-state index is -0.948. The van der Waals surface area contributed by atoms with Crippen LogP contribution in [0.2, 0.25) is 5.02 Å². The van der Waals surface area contributed by atoms with Gasteiger partial charge in [0.15, 0.2) is 11.5 Å². The average Bonchev–Trinajstić information content (AvgIpc) is 3.46. The quantitative estimate of drug-likeness (QED) is 0.356. The lowest BCUT2D eigenvalue weighted by molar-refractivity contribution is -0.117. The van der Waals surface area contributed by atoms with Crippen LogP contribution in [-0.2, 0) is 4.79 Å². The van der Waals surface area contributed by atoms with Gasteiger partial charge in [0.2, 0.25) is 5.78 Å². The molecule has 2 aromatic carbocycles. The number of ketones is 1. The van der Waals surface area contributed by atoms with Crippen molar-refractivity contribution in [3.05, 3.63) is 99.4 Å². The molecule has 0 saturated carbocycles. The predicted molar refractivity (Wildman–Crippen MR) is 125 cm³/mol. The summed E-state index contributed by atoms with van der Waals surface area (Å²) in [4.78, 5) is 28.3. The summed E-state index contributed by atoms with van der Waals surface area (Å²) in [5.74, 6) is -0.912. The van der Waals surface area contributed by atoms with Crippen molar-refractivity contribution in [3.8, 4) is 0 Å². The third-order valence-corrected chi connectivity index (χ3v) is 6.04. The molecular formula is C26H20ClNO5. The molecule has 1 aliphatic rings. The number of furan rings is 2. The molecule has 0 saturated heterocycles. The Morgan fingerprint density at radius 3 is 2.52 bits per heavy atom. The molecule has 0 aliphatic carbocycles. The maximum Gasteiger partial charge on any atom is 0.294 e. The van der Waals surface area contributed by atoms with E-state index in [0.717, 1.165) is 11.1 Å². The van der Waals surface area contributed by atoms with E-state index in [9.17, 15) is 14.7 Å². The fraction of sp³-hybridized carbons (Fsp3) is 0.154. The van der Waals surface area contributed by atoms with E-state index in [2.05, 4.69) is 0 Å². The van der Waals surface area contributed by atoms with Crippen LogP contribution in [0.1, 0.15) is 39.2 Å². The van der Waals surface area contributed by atoms with Crippen molar-refractivity contribution < 1.29 is 23.5 Å². The highest BCUT2D eigenvalue weighted by molar-refractivity contribution is 6.31.